The SMILES string of the molecule is COC(=O)c1ccccc1NC(=O)c1cc2c([nH]c1=O)CC(C)(C)CC2=O. The molecule has 1 aromatic carbocycles. The number of benzene rings is 1. The molecule has 0 saturated carbocycles. The van der Waals surface area contributed by atoms with Crippen LogP contribution in [0.4, 0.5) is 5.69 Å². The number of esters is 1. The van der Waals surface area contributed by atoms with Crippen LogP contribution < -0.4 is 10.9 Å². The molecule has 1 aliphatic rings. The summed E-state index contributed by atoms with van der Waals surface area (Å²) >= 11 is 0. The van der Waals surface area contributed by atoms with Crippen molar-refractivity contribution in [3.8, 4) is 0 Å². The maximum atomic E-state index is 12.6. The van der Waals surface area contributed by atoms with Crippen molar-refractivity contribution in [2.45, 2.75) is 26.7 Å². The van der Waals surface area contributed by atoms with E-state index in [1.54, 1.807) is 12.1 Å². The summed E-state index contributed by atoms with van der Waals surface area (Å²) in [7, 11) is 1.24. The number of carbonyl (C=O) groups is 3. The van der Waals surface area contributed by atoms with E-state index >= 15 is 0 Å². The summed E-state index contributed by atoms with van der Waals surface area (Å²) in [5.74, 6) is -1.42. The minimum absolute atomic E-state index is 0.110. The number of pyridine rings is 1. The minimum atomic E-state index is -0.701. The highest BCUT2D eigenvalue weighted by atomic mass is 16.5. The second-order valence-corrected chi connectivity index (χ2v) is 7.34. The van der Waals surface area contributed by atoms with Crippen molar-refractivity contribution in [1.82, 2.24) is 4.98 Å². The summed E-state index contributed by atoms with van der Waals surface area (Å²) in [5, 5.41) is 2.55. The fourth-order valence-electron chi connectivity index (χ4n) is 3.27. The fourth-order valence-corrected chi connectivity index (χ4v) is 3.27. The number of H-pyrrole nitrogens is 1. The molecule has 0 aliphatic heterocycles. The lowest BCUT2D eigenvalue weighted by atomic mass is 9.75. The number of para-hydroxylation sites is 1. The van der Waals surface area contributed by atoms with Crippen molar-refractivity contribution in [3.05, 3.63) is 63.1 Å². The molecule has 0 radical (unpaired) electrons. The zero-order valence-electron chi connectivity index (χ0n) is 15.3. The third-order valence-electron chi connectivity index (χ3n) is 4.54. The van der Waals surface area contributed by atoms with Crippen molar-refractivity contribution in [3.63, 3.8) is 0 Å². The van der Waals surface area contributed by atoms with Crippen LogP contribution >= 0.6 is 0 Å². The molecule has 7 heteroatoms. The summed E-state index contributed by atoms with van der Waals surface area (Å²) in [6.07, 6.45) is 0.897. The lowest BCUT2D eigenvalue weighted by molar-refractivity contribution is 0.0601. The highest BCUT2D eigenvalue weighted by molar-refractivity contribution is 6.09. The van der Waals surface area contributed by atoms with Gasteiger partial charge in [0.15, 0.2) is 5.78 Å². The normalized spacial score (nSPS) is 15.0. The molecular formula is C20H20N2O5. The van der Waals surface area contributed by atoms with Crippen molar-refractivity contribution in [1.29, 1.82) is 0 Å². The van der Waals surface area contributed by atoms with Crippen molar-refractivity contribution >= 4 is 23.3 Å². The summed E-state index contributed by atoms with van der Waals surface area (Å²) in [4.78, 5) is 51.9. The van der Waals surface area contributed by atoms with Gasteiger partial charge in [0.05, 0.1) is 18.4 Å². The van der Waals surface area contributed by atoms with Crippen LogP contribution in [-0.2, 0) is 11.2 Å². The molecule has 140 valence electrons. The van der Waals surface area contributed by atoms with Crippen LogP contribution in [0.5, 0.6) is 0 Å². The second kappa shape index (κ2) is 6.83. The Labute approximate surface area is 155 Å². The predicted molar refractivity (Wildman–Crippen MR) is 99.2 cm³/mol. The van der Waals surface area contributed by atoms with Crippen LogP contribution in [0.2, 0.25) is 0 Å². The molecule has 1 heterocycles. The van der Waals surface area contributed by atoms with Gasteiger partial charge in [0.2, 0.25) is 0 Å². The number of fused-ring (bicyclic) bond motifs is 1. The summed E-state index contributed by atoms with van der Waals surface area (Å²) in [6, 6.07) is 7.65. The number of aromatic nitrogens is 1. The Bertz CT molecular complexity index is 1000. The second-order valence-electron chi connectivity index (χ2n) is 7.34. The molecule has 1 amide bonds. The molecule has 0 atom stereocenters. The lowest BCUT2D eigenvalue weighted by Gasteiger charge is -2.29. The standard InChI is InChI=1S/C20H20N2O5/c1-20(2)9-15-12(16(23)10-20)8-13(18(25)22-15)17(24)21-14-7-5-4-6-11(14)19(26)27-3/h4-8H,9-10H2,1-3H3,(H,21,24)(H,22,25). The quantitative estimate of drug-likeness (QED) is 0.810. The Balaban J connectivity index is 1.96. The fraction of sp³-hybridized carbons (Fsp3) is 0.300. The Kier molecular flexibility index (Phi) is 4.70. The van der Waals surface area contributed by atoms with Crippen molar-refractivity contribution in [2.24, 2.45) is 5.41 Å². The first kappa shape index (κ1) is 18.6. The van der Waals surface area contributed by atoms with Crippen LogP contribution in [0.1, 0.15) is 57.0 Å². The molecule has 0 saturated heterocycles. The minimum Gasteiger partial charge on any atom is -0.465 e. The van der Waals surface area contributed by atoms with E-state index in [-0.39, 0.29) is 28.0 Å². The number of ether oxygens (including phenoxy) is 1. The van der Waals surface area contributed by atoms with E-state index < -0.39 is 17.4 Å². The molecule has 2 N–H and O–H groups in total. The smallest absolute Gasteiger partial charge is 0.339 e. The van der Waals surface area contributed by atoms with Crippen LogP contribution in [0, 0.1) is 5.41 Å². The average molecular weight is 368 g/mol. The summed E-state index contributed by atoms with van der Waals surface area (Å²) in [6.45, 7) is 3.91. The Morgan fingerprint density at radius 1 is 1.11 bits per heavy atom. The Hall–Kier alpha value is -3.22. The van der Waals surface area contributed by atoms with Gasteiger partial charge in [-0.2, -0.15) is 0 Å². The lowest BCUT2D eigenvalue weighted by Crippen LogP contribution is -2.33. The van der Waals surface area contributed by atoms with E-state index in [1.165, 1.54) is 25.3 Å². The molecule has 0 spiro atoms. The zero-order chi connectivity index (χ0) is 19.8. The average Bonchev–Trinajstić information content (AvgIpc) is 2.59. The molecule has 7 nitrogen and oxygen atoms in total. The maximum absolute atomic E-state index is 12.6. The van der Waals surface area contributed by atoms with Gasteiger partial charge >= 0.3 is 5.97 Å². The third kappa shape index (κ3) is 3.67. The maximum Gasteiger partial charge on any atom is 0.339 e. The first-order chi connectivity index (χ1) is 12.7. The van der Waals surface area contributed by atoms with Gasteiger partial charge < -0.3 is 15.0 Å². The molecular weight excluding hydrogens is 348 g/mol. The molecule has 0 bridgehead atoms. The van der Waals surface area contributed by atoms with Gasteiger partial charge in [-0.25, -0.2) is 4.79 Å². The van der Waals surface area contributed by atoms with Crippen LogP contribution in [-0.4, -0.2) is 29.8 Å². The number of carbonyl (C=O) groups excluding carboxylic acids is 3. The Morgan fingerprint density at radius 3 is 2.52 bits per heavy atom. The number of hydrogen-bond donors (Lipinski definition) is 2. The van der Waals surface area contributed by atoms with Gasteiger partial charge in [0.1, 0.15) is 5.56 Å². The molecule has 0 fully saturated rings. The number of Topliss-reactive ketones (excluding diaryl/α,β-unsaturated/α-hetero) is 1. The van der Waals surface area contributed by atoms with E-state index in [0.717, 1.165) is 0 Å². The van der Waals surface area contributed by atoms with Gasteiger partial charge in [0, 0.05) is 17.7 Å². The van der Waals surface area contributed by atoms with E-state index in [0.29, 0.717) is 24.1 Å². The monoisotopic (exact) mass is 368 g/mol. The molecule has 2 aromatic rings. The van der Waals surface area contributed by atoms with Crippen molar-refractivity contribution in [2.75, 3.05) is 12.4 Å². The number of hydrogen-bond acceptors (Lipinski definition) is 5. The van der Waals surface area contributed by atoms with Crippen LogP contribution in [0.15, 0.2) is 35.1 Å². The Morgan fingerprint density at radius 2 is 1.81 bits per heavy atom. The van der Waals surface area contributed by atoms with E-state index in [9.17, 15) is 19.2 Å². The molecule has 3 rings (SSSR count). The van der Waals surface area contributed by atoms with Gasteiger partial charge in [-0.05, 0) is 30.0 Å². The largest absolute Gasteiger partial charge is 0.465 e. The number of ketones is 1. The number of nitrogens with one attached hydrogen (secondary N) is 2. The van der Waals surface area contributed by atoms with Gasteiger partial charge in [0.25, 0.3) is 11.5 Å². The van der Waals surface area contributed by atoms with E-state index in [2.05, 4.69) is 10.3 Å². The third-order valence-corrected chi connectivity index (χ3v) is 4.54. The first-order valence-corrected chi connectivity index (χ1v) is 8.50. The van der Waals surface area contributed by atoms with Crippen LogP contribution in [0.3, 0.4) is 0 Å². The summed E-state index contributed by atoms with van der Waals surface area (Å²) in [5.41, 5.74) is 0.303. The zero-order valence-corrected chi connectivity index (χ0v) is 15.3. The van der Waals surface area contributed by atoms with Gasteiger partial charge in [-0.15, -0.1) is 0 Å². The number of rotatable bonds is 3. The van der Waals surface area contributed by atoms with E-state index in [4.69, 9.17) is 4.74 Å². The highest BCUT2D eigenvalue weighted by Crippen LogP contribution is 2.33. The molecule has 1 aromatic heterocycles. The topological polar surface area (TPSA) is 105 Å². The van der Waals surface area contributed by atoms with Crippen LogP contribution in [0.25, 0.3) is 0 Å². The van der Waals surface area contributed by atoms with Gasteiger partial charge in [-0.1, -0.05) is 26.0 Å². The predicted octanol–water partition coefficient (Wildman–Crippen LogP) is 2.57. The number of methoxy groups -OCH3 is 1. The van der Waals surface area contributed by atoms with E-state index in [1.807, 2.05) is 13.8 Å². The van der Waals surface area contributed by atoms with Gasteiger partial charge in [-0.3, -0.25) is 14.4 Å². The molecule has 27 heavy (non-hydrogen) atoms. The number of amides is 1. The van der Waals surface area contributed by atoms with Crippen molar-refractivity contribution < 1.29 is 19.1 Å². The highest BCUT2D eigenvalue weighted by Gasteiger charge is 2.32. The molecule has 1 aliphatic carbocycles. The number of aromatic amines is 1. The first-order valence-electron chi connectivity index (χ1n) is 8.50. The number of anilines is 1. The summed E-state index contributed by atoms with van der Waals surface area (Å²) < 4.78 is 4.69. The molecule has 0 unspecified atom stereocenters.